The van der Waals surface area contributed by atoms with Crippen molar-refractivity contribution in [2.24, 2.45) is 27.2 Å². The Morgan fingerprint density at radius 1 is 0.714 bits per heavy atom. The van der Waals surface area contributed by atoms with E-state index >= 15 is 0 Å². The number of hydrogen-bond donors (Lipinski definition) is 4. The maximum Gasteiger partial charge on any atom is 0.198 e. The maximum atomic E-state index is 5.96. The fourth-order valence-corrected chi connectivity index (χ4v) is 2.65. The van der Waals surface area contributed by atoms with Crippen molar-refractivity contribution in [3.8, 4) is 0 Å². The van der Waals surface area contributed by atoms with E-state index in [1.807, 2.05) is 78.9 Å². The summed E-state index contributed by atoms with van der Waals surface area (Å²) in [5.41, 5.74) is 21.5. The summed E-state index contributed by atoms with van der Waals surface area (Å²) in [6, 6.07) is 25.4. The first-order valence-electron chi connectivity index (χ1n) is 8.52. The monoisotopic (exact) mass is 394 g/mol. The van der Waals surface area contributed by atoms with E-state index in [2.05, 4.69) is 15.3 Å². The van der Waals surface area contributed by atoms with Crippen LogP contribution in [0.3, 0.4) is 0 Å². The molecule has 3 aromatic rings. The van der Waals surface area contributed by atoms with Crippen molar-refractivity contribution in [1.82, 2.24) is 0 Å². The van der Waals surface area contributed by atoms with Gasteiger partial charge in [-0.3, -0.25) is 0 Å². The molecular formula is C21H23ClN6. The summed E-state index contributed by atoms with van der Waals surface area (Å²) in [6.07, 6.45) is 0.773. The van der Waals surface area contributed by atoms with Crippen LogP contribution in [0.2, 0.25) is 0 Å². The third-order valence-corrected chi connectivity index (χ3v) is 3.81. The second kappa shape index (κ2) is 9.99. The van der Waals surface area contributed by atoms with E-state index in [0.29, 0.717) is 5.96 Å². The molecule has 7 heteroatoms. The van der Waals surface area contributed by atoms with Crippen LogP contribution in [-0.2, 0) is 6.42 Å². The van der Waals surface area contributed by atoms with Gasteiger partial charge in [-0.15, -0.1) is 12.4 Å². The van der Waals surface area contributed by atoms with E-state index in [9.17, 15) is 0 Å². The summed E-state index contributed by atoms with van der Waals surface area (Å²) in [5.74, 6) is 0.398. The number of nitrogens with two attached hydrogens (primary N) is 3. The standard InChI is InChI=1S/C21H22N6.ClH/c22-20(23)25-19-8-4-5-16(14-19)13-15-9-11-18(12-10-15)27-21(24)26-17-6-2-1-3-7-17;/h1-12,14H,13H2,(H4,22,23,25)(H3,24,26,27);1H. The lowest BCUT2D eigenvalue weighted by molar-refractivity contribution is 1.19. The number of nitrogens with zero attached hydrogens (tertiary/aromatic N) is 2. The van der Waals surface area contributed by atoms with E-state index in [4.69, 9.17) is 17.2 Å². The van der Waals surface area contributed by atoms with Gasteiger partial charge in [0.05, 0.1) is 11.4 Å². The molecule has 0 bridgehead atoms. The van der Waals surface area contributed by atoms with Crippen molar-refractivity contribution in [1.29, 1.82) is 0 Å². The van der Waals surface area contributed by atoms with Crippen molar-refractivity contribution in [3.63, 3.8) is 0 Å². The Labute approximate surface area is 170 Å². The summed E-state index contributed by atoms with van der Waals surface area (Å²) < 4.78 is 0. The van der Waals surface area contributed by atoms with Crippen LogP contribution in [0.1, 0.15) is 11.1 Å². The average Bonchev–Trinajstić information content (AvgIpc) is 2.64. The molecule has 0 saturated carbocycles. The highest BCUT2D eigenvalue weighted by Gasteiger charge is 2.00. The van der Waals surface area contributed by atoms with Crippen LogP contribution in [0, 0.1) is 0 Å². The lowest BCUT2D eigenvalue weighted by Crippen LogP contribution is -2.21. The number of halogens is 1. The molecule has 0 aliphatic heterocycles. The molecule has 0 radical (unpaired) electrons. The highest BCUT2D eigenvalue weighted by Crippen LogP contribution is 2.19. The van der Waals surface area contributed by atoms with Crippen LogP contribution in [-0.4, -0.2) is 11.9 Å². The van der Waals surface area contributed by atoms with Gasteiger partial charge in [-0.05, 0) is 53.9 Å². The predicted molar refractivity (Wildman–Crippen MR) is 120 cm³/mol. The number of aliphatic imine (C=N–C) groups is 2. The van der Waals surface area contributed by atoms with Crippen molar-refractivity contribution in [3.05, 3.63) is 90.0 Å². The molecule has 3 rings (SSSR count). The number of rotatable bonds is 5. The second-order valence-electron chi connectivity index (χ2n) is 6.04. The van der Waals surface area contributed by atoms with Crippen LogP contribution in [0.25, 0.3) is 0 Å². The maximum absolute atomic E-state index is 5.96. The molecule has 0 aliphatic rings. The summed E-state index contributed by atoms with van der Waals surface area (Å²) in [4.78, 5) is 8.46. The molecule has 7 N–H and O–H groups in total. The van der Waals surface area contributed by atoms with Gasteiger partial charge in [-0.25, -0.2) is 9.98 Å². The van der Waals surface area contributed by atoms with Gasteiger partial charge in [0.2, 0.25) is 0 Å². The molecule has 0 aliphatic carbocycles. The normalized spacial score (nSPS) is 10.6. The van der Waals surface area contributed by atoms with E-state index in [-0.39, 0.29) is 18.4 Å². The Morgan fingerprint density at radius 2 is 1.43 bits per heavy atom. The van der Waals surface area contributed by atoms with Gasteiger partial charge in [-0.2, -0.15) is 0 Å². The first kappa shape index (κ1) is 20.8. The molecule has 0 heterocycles. The molecule has 0 saturated heterocycles. The van der Waals surface area contributed by atoms with Crippen LogP contribution in [0.5, 0.6) is 0 Å². The number of guanidine groups is 2. The third kappa shape index (κ3) is 6.34. The number of para-hydroxylation sites is 1. The van der Waals surface area contributed by atoms with Gasteiger partial charge < -0.3 is 22.5 Å². The molecule has 0 aromatic heterocycles. The third-order valence-electron chi connectivity index (χ3n) is 3.81. The first-order chi connectivity index (χ1) is 13.1. The molecule has 28 heavy (non-hydrogen) atoms. The van der Waals surface area contributed by atoms with E-state index < -0.39 is 0 Å². The van der Waals surface area contributed by atoms with Gasteiger partial charge in [0, 0.05) is 5.69 Å². The first-order valence-corrected chi connectivity index (χ1v) is 8.52. The molecule has 0 spiro atoms. The molecule has 0 amide bonds. The van der Waals surface area contributed by atoms with Crippen molar-refractivity contribution >= 4 is 41.4 Å². The van der Waals surface area contributed by atoms with Crippen molar-refractivity contribution in [2.45, 2.75) is 6.42 Å². The largest absolute Gasteiger partial charge is 0.370 e. The quantitative estimate of drug-likeness (QED) is 0.390. The average molecular weight is 395 g/mol. The van der Waals surface area contributed by atoms with Crippen molar-refractivity contribution in [2.75, 3.05) is 5.32 Å². The Balaban J connectivity index is 0.00000280. The number of benzene rings is 3. The zero-order valence-electron chi connectivity index (χ0n) is 15.2. The Bertz CT molecular complexity index is 948. The molecule has 3 aromatic carbocycles. The van der Waals surface area contributed by atoms with E-state index in [1.165, 1.54) is 0 Å². The van der Waals surface area contributed by atoms with E-state index in [0.717, 1.165) is 34.6 Å². The van der Waals surface area contributed by atoms with Crippen molar-refractivity contribution < 1.29 is 0 Å². The summed E-state index contributed by atoms with van der Waals surface area (Å²) in [6.45, 7) is 0. The van der Waals surface area contributed by atoms with Crippen LogP contribution in [0.4, 0.5) is 17.1 Å². The van der Waals surface area contributed by atoms with E-state index in [1.54, 1.807) is 0 Å². The zero-order chi connectivity index (χ0) is 19.1. The molecule has 0 atom stereocenters. The number of anilines is 1. The van der Waals surface area contributed by atoms with Gasteiger partial charge >= 0.3 is 0 Å². The lowest BCUT2D eigenvalue weighted by atomic mass is 10.0. The highest BCUT2D eigenvalue weighted by molar-refractivity contribution is 5.93. The van der Waals surface area contributed by atoms with Gasteiger partial charge in [0.1, 0.15) is 0 Å². The minimum atomic E-state index is 0. The van der Waals surface area contributed by atoms with Gasteiger partial charge in [0.15, 0.2) is 11.9 Å². The molecule has 0 fully saturated rings. The summed E-state index contributed by atoms with van der Waals surface area (Å²) in [5, 5.41) is 3.06. The summed E-state index contributed by atoms with van der Waals surface area (Å²) >= 11 is 0. The zero-order valence-corrected chi connectivity index (χ0v) is 16.1. The SMILES string of the molecule is Cl.NC(N)=Nc1cccc(Cc2ccc(N=C(N)Nc3ccccc3)cc2)c1. The Kier molecular flexibility index (Phi) is 7.42. The van der Waals surface area contributed by atoms with Gasteiger partial charge in [0.25, 0.3) is 0 Å². The van der Waals surface area contributed by atoms with Crippen LogP contribution >= 0.6 is 12.4 Å². The minimum absolute atomic E-state index is 0. The lowest BCUT2D eigenvalue weighted by Gasteiger charge is -2.06. The highest BCUT2D eigenvalue weighted by atomic mass is 35.5. The molecule has 0 unspecified atom stereocenters. The Hall–Kier alpha value is -3.51. The smallest absolute Gasteiger partial charge is 0.198 e. The number of hydrogen-bond acceptors (Lipinski definition) is 2. The predicted octanol–water partition coefficient (Wildman–Crippen LogP) is 3.66. The molecule has 144 valence electrons. The second-order valence-corrected chi connectivity index (χ2v) is 6.04. The summed E-state index contributed by atoms with van der Waals surface area (Å²) in [7, 11) is 0. The molecule has 6 nitrogen and oxygen atoms in total. The fraction of sp³-hybridized carbons (Fsp3) is 0.0476. The number of nitrogens with one attached hydrogen (secondary N) is 1. The fourth-order valence-electron chi connectivity index (χ4n) is 2.65. The van der Waals surface area contributed by atoms with Crippen LogP contribution < -0.4 is 22.5 Å². The minimum Gasteiger partial charge on any atom is -0.370 e. The molecular weight excluding hydrogens is 372 g/mol. The Morgan fingerprint density at radius 3 is 2.11 bits per heavy atom. The topological polar surface area (TPSA) is 115 Å². The van der Waals surface area contributed by atoms with Crippen LogP contribution in [0.15, 0.2) is 88.8 Å². The van der Waals surface area contributed by atoms with Gasteiger partial charge in [-0.1, -0.05) is 42.5 Å².